The van der Waals surface area contributed by atoms with Crippen molar-refractivity contribution >= 4 is 22.6 Å². The molecule has 6 nitrogen and oxygen atoms in total. The summed E-state index contributed by atoms with van der Waals surface area (Å²) in [5.74, 6) is 1.97. The number of fused-ring (bicyclic) bond motifs is 1. The Hall–Kier alpha value is -3.64. The second-order valence-corrected chi connectivity index (χ2v) is 9.96. The first-order chi connectivity index (χ1) is 18.1. The van der Waals surface area contributed by atoms with Gasteiger partial charge in [-0.05, 0) is 73.3 Å². The van der Waals surface area contributed by atoms with Crippen LogP contribution in [0.5, 0.6) is 5.75 Å². The molecule has 0 spiro atoms. The largest absolute Gasteiger partial charge is 0.497 e. The van der Waals surface area contributed by atoms with E-state index >= 15 is 0 Å². The number of aromatic nitrogens is 2. The summed E-state index contributed by atoms with van der Waals surface area (Å²) in [5.41, 5.74) is 5.52. The van der Waals surface area contributed by atoms with E-state index in [4.69, 9.17) is 9.72 Å². The van der Waals surface area contributed by atoms with Gasteiger partial charge in [-0.2, -0.15) is 0 Å². The van der Waals surface area contributed by atoms with Crippen molar-refractivity contribution in [2.24, 2.45) is 5.92 Å². The summed E-state index contributed by atoms with van der Waals surface area (Å²) >= 11 is 0. The van der Waals surface area contributed by atoms with Crippen molar-refractivity contribution < 1.29 is 9.53 Å². The van der Waals surface area contributed by atoms with Crippen LogP contribution in [-0.2, 0) is 24.3 Å². The molecule has 1 aliphatic rings. The quantitative estimate of drug-likeness (QED) is 0.314. The van der Waals surface area contributed by atoms with Crippen molar-refractivity contribution in [1.29, 1.82) is 0 Å². The number of carbonyl (C=O) groups is 1. The molecule has 0 saturated carbocycles. The van der Waals surface area contributed by atoms with E-state index in [-0.39, 0.29) is 11.8 Å². The van der Waals surface area contributed by atoms with Crippen LogP contribution in [0.15, 0.2) is 72.8 Å². The molecule has 1 N–H and O–H groups in total. The van der Waals surface area contributed by atoms with E-state index in [1.54, 1.807) is 7.11 Å². The van der Waals surface area contributed by atoms with Crippen LogP contribution in [0.1, 0.15) is 43.1 Å². The maximum absolute atomic E-state index is 13.1. The third-order valence-corrected chi connectivity index (χ3v) is 7.23. The molecule has 3 aromatic carbocycles. The molecule has 192 valence electrons. The van der Waals surface area contributed by atoms with Gasteiger partial charge in [-0.15, -0.1) is 0 Å². The number of likely N-dealkylation sites (tertiary alicyclic amines) is 1. The third-order valence-electron chi connectivity index (χ3n) is 7.23. The Kier molecular flexibility index (Phi) is 7.85. The first-order valence-corrected chi connectivity index (χ1v) is 13.3. The molecule has 2 heterocycles. The molecule has 6 heteroatoms. The molecule has 0 bridgehead atoms. The SMILES string of the molecule is CCCc1ccc(NC(=O)[C@H]2CCCN(Cc3nc4ccccc4n3Cc3ccc(OC)cc3)C2)cc1. The Morgan fingerprint density at radius 1 is 1.00 bits per heavy atom. The van der Waals surface area contributed by atoms with E-state index in [0.29, 0.717) is 0 Å². The number of imidazole rings is 1. The minimum absolute atomic E-state index is 0.0246. The first-order valence-electron chi connectivity index (χ1n) is 13.3. The summed E-state index contributed by atoms with van der Waals surface area (Å²) in [6, 6.07) is 24.8. The number of amides is 1. The zero-order valence-electron chi connectivity index (χ0n) is 21.8. The maximum atomic E-state index is 13.1. The van der Waals surface area contributed by atoms with Crippen molar-refractivity contribution in [3.63, 3.8) is 0 Å². The van der Waals surface area contributed by atoms with Gasteiger partial charge in [0.15, 0.2) is 0 Å². The number of rotatable bonds is 9. The highest BCUT2D eigenvalue weighted by atomic mass is 16.5. The number of piperidine rings is 1. The Bertz CT molecular complexity index is 1330. The lowest BCUT2D eigenvalue weighted by Crippen LogP contribution is -2.40. The average Bonchev–Trinajstić information content (AvgIpc) is 3.27. The summed E-state index contributed by atoms with van der Waals surface area (Å²) in [7, 11) is 1.69. The second-order valence-electron chi connectivity index (χ2n) is 9.96. The van der Waals surface area contributed by atoms with Crippen LogP contribution in [-0.4, -0.2) is 40.6 Å². The van der Waals surface area contributed by atoms with Gasteiger partial charge < -0.3 is 14.6 Å². The summed E-state index contributed by atoms with van der Waals surface area (Å²) in [6.45, 7) is 5.36. The van der Waals surface area contributed by atoms with Gasteiger partial charge in [-0.25, -0.2) is 4.98 Å². The van der Waals surface area contributed by atoms with Crippen LogP contribution < -0.4 is 10.1 Å². The summed E-state index contributed by atoms with van der Waals surface area (Å²) in [4.78, 5) is 20.5. The summed E-state index contributed by atoms with van der Waals surface area (Å²) in [5, 5.41) is 3.14. The van der Waals surface area contributed by atoms with Gasteiger partial charge in [0.25, 0.3) is 0 Å². The molecule has 1 atom stereocenters. The molecule has 1 aliphatic heterocycles. The van der Waals surface area contributed by atoms with Gasteiger partial charge in [0.2, 0.25) is 5.91 Å². The van der Waals surface area contributed by atoms with E-state index in [0.717, 1.165) is 80.2 Å². The van der Waals surface area contributed by atoms with Crippen molar-refractivity contribution in [1.82, 2.24) is 14.5 Å². The topological polar surface area (TPSA) is 59.4 Å². The van der Waals surface area contributed by atoms with Crippen LogP contribution in [0.3, 0.4) is 0 Å². The number of nitrogens with one attached hydrogen (secondary N) is 1. The number of carbonyl (C=O) groups excluding carboxylic acids is 1. The third kappa shape index (κ3) is 6.03. The van der Waals surface area contributed by atoms with Crippen LogP contribution in [0.25, 0.3) is 11.0 Å². The van der Waals surface area contributed by atoms with E-state index in [1.807, 2.05) is 30.3 Å². The molecule has 37 heavy (non-hydrogen) atoms. The molecule has 1 amide bonds. The molecule has 1 aromatic heterocycles. The Balaban J connectivity index is 1.29. The fraction of sp³-hybridized carbons (Fsp3) is 0.355. The minimum atomic E-state index is -0.0246. The Labute approximate surface area is 219 Å². The second kappa shape index (κ2) is 11.6. The van der Waals surface area contributed by atoms with Gasteiger partial charge in [0.05, 0.1) is 30.6 Å². The molecule has 1 fully saturated rings. The van der Waals surface area contributed by atoms with Crippen LogP contribution >= 0.6 is 0 Å². The number of methoxy groups -OCH3 is 1. The number of aryl methyl sites for hydroxylation is 1. The van der Waals surface area contributed by atoms with Crippen LogP contribution in [0, 0.1) is 5.92 Å². The molecule has 4 aromatic rings. The minimum Gasteiger partial charge on any atom is -0.497 e. The molecule has 5 rings (SSSR count). The van der Waals surface area contributed by atoms with Crippen molar-refractivity contribution in [3.05, 3.63) is 89.7 Å². The molecular weight excluding hydrogens is 460 g/mol. The summed E-state index contributed by atoms with van der Waals surface area (Å²) in [6.07, 6.45) is 4.11. The fourth-order valence-electron chi connectivity index (χ4n) is 5.24. The first kappa shape index (κ1) is 25.0. The average molecular weight is 497 g/mol. The predicted molar refractivity (Wildman–Crippen MR) is 149 cm³/mol. The lowest BCUT2D eigenvalue weighted by atomic mass is 9.97. The monoisotopic (exact) mass is 496 g/mol. The van der Waals surface area contributed by atoms with Gasteiger partial charge in [0, 0.05) is 18.8 Å². The molecule has 0 radical (unpaired) electrons. The standard InChI is InChI=1S/C31H36N4O2/c1-3-7-23-11-15-26(16-12-23)32-31(36)25-8-6-19-34(21-25)22-30-33-28-9-4-5-10-29(28)35(30)20-24-13-17-27(37-2)18-14-24/h4-5,9-18,25H,3,6-8,19-22H2,1-2H3,(H,32,36)/t25-/m0/s1. The zero-order chi connectivity index (χ0) is 25.6. The lowest BCUT2D eigenvalue weighted by molar-refractivity contribution is -0.121. The Morgan fingerprint density at radius 3 is 2.51 bits per heavy atom. The van der Waals surface area contributed by atoms with Crippen molar-refractivity contribution in [2.75, 3.05) is 25.5 Å². The number of benzene rings is 3. The Morgan fingerprint density at radius 2 is 1.76 bits per heavy atom. The van der Waals surface area contributed by atoms with Gasteiger partial charge in [-0.3, -0.25) is 9.69 Å². The van der Waals surface area contributed by atoms with Crippen molar-refractivity contribution in [3.8, 4) is 5.75 Å². The number of nitrogens with zero attached hydrogens (tertiary/aromatic N) is 3. The van der Waals surface area contributed by atoms with Crippen LogP contribution in [0.2, 0.25) is 0 Å². The molecular formula is C31H36N4O2. The normalized spacial score (nSPS) is 16.1. The highest BCUT2D eigenvalue weighted by Gasteiger charge is 2.27. The fourth-order valence-corrected chi connectivity index (χ4v) is 5.24. The molecule has 1 saturated heterocycles. The van der Waals surface area contributed by atoms with E-state index in [2.05, 4.69) is 64.2 Å². The number of anilines is 1. The number of ether oxygens (including phenoxy) is 1. The lowest BCUT2D eigenvalue weighted by Gasteiger charge is -2.31. The summed E-state index contributed by atoms with van der Waals surface area (Å²) < 4.78 is 7.63. The smallest absolute Gasteiger partial charge is 0.228 e. The number of hydrogen-bond donors (Lipinski definition) is 1. The van der Waals surface area contributed by atoms with E-state index in [9.17, 15) is 4.79 Å². The van der Waals surface area contributed by atoms with Crippen molar-refractivity contribution in [2.45, 2.75) is 45.7 Å². The van der Waals surface area contributed by atoms with E-state index in [1.165, 1.54) is 11.1 Å². The maximum Gasteiger partial charge on any atom is 0.228 e. The molecule has 0 unspecified atom stereocenters. The van der Waals surface area contributed by atoms with Crippen LogP contribution in [0.4, 0.5) is 5.69 Å². The van der Waals surface area contributed by atoms with E-state index < -0.39 is 0 Å². The zero-order valence-corrected chi connectivity index (χ0v) is 21.8. The highest BCUT2D eigenvalue weighted by Crippen LogP contribution is 2.24. The van der Waals surface area contributed by atoms with Gasteiger partial charge in [0.1, 0.15) is 11.6 Å². The predicted octanol–water partition coefficient (Wildman–Crippen LogP) is 5.90. The van der Waals surface area contributed by atoms with Gasteiger partial charge >= 0.3 is 0 Å². The number of para-hydroxylation sites is 2. The number of hydrogen-bond acceptors (Lipinski definition) is 4. The van der Waals surface area contributed by atoms with Gasteiger partial charge in [-0.1, -0.05) is 49.7 Å². The highest BCUT2D eigenvalue weighted by molar-refractivity contribution is 5.92. The molecule has 0 aliphatic carbocycles.